The van der Waals surface area contributed by atoms with Gasteiger partial charge in [-0.15, -0.1) is 0 Å². The van der Waals surface area contributed by atoms with Crippen molar-refractivity contribution in [2.75, 3.05) is 0 Å². The maximum atomic E-state index is 12.1. The van der Waals surface area contributed by atoms with Crippen molar-refractivity contribution < 1.29 is 14.7 Å². The number of carboxylic acid groups (broad SMARTS) is 1. The lowest BCUT2D eigenvalue weighted by Gasteiger charge is -2.16. The number of benzene rings is 2. The minimum atomic E-state index is -1.15. The molecule has 1 unspecified atom stereocenters. The van der Waals surface area contributed by atoms with E-state index in [1.165, 1.54) is 0 Å². The van der Waals surface area contributed by atoms with Crippen LogP contribution in [0.5, 0.6) is 0 Å². The lowest BCUT2D eigenvalue weighted by Crippen LogP contribution is -2.42. The van der Waals surface area contributed by atoms with Crippen LogP contribution in [0.25, 0.3) is 0 Å². The number of aliphatic carboxylic acids is 1. The quantitative estimate of drug-likeness (QED) is 0.878. The fraction of sp³-hybridized carbons (Fsp3) is 0.125. The van der Waals surface area contributed by atoms with Gasteiger partial charge in [-0.2, -0.15) is 0 Å². The van der Waals surface area contributed by atoms with Crippen LogP contribution in [0.1, 0.15) is 15.9 Å². The summed E-state index contributed by atoms with van der Waals surface area (Å²) in [4.78, 5) is 23.5. The highest BCUT2D eigenvalue weighted by atomic mass is 35.5. The van der Waals surface area contributed by atoms with Crippen LogP contribution in [0.3, 0.4) is 0 Å². The molecular formula is C16H13Cl2NO3. The number of halogens is 2. The van der Waals surface area contributed by atoms with Crippen LogP contribution in [-0.2, 0) is 11.2 Å². The number of hydrogen-bond acceptors (Lipinski definition) is 2. The molecule has 0 bridgehead atoms. The average Bonchev–Trinajstić information content (AvgIpc) is 2.50. The van der Waals surface area contributed by atoms with E-state index in [1.54, 1.807) is 48.5 Å². The van der Waals surface area contributed by atoms with E-state index in [2.05, 4.69) is 5.32 Å². The first-order valence-corrected chi connectivity index (χ1v) is 7.26. The molecule has 4 nitrogen and oxygen atoms in total. The number of nitrogens with one attached hydrogen (secondary N) is 1. The minimum Gasteiger partial charge on any atom is -0.480 e. The standard InChI is InChI=1S/C16H13Cl2NO3/c17-12-7-4-8-13(18)11(12)9-14(16(21)22)19-15(20)10-5-2-1-3-6-10/h1-8,14H,9H2,(H,19,20)(H,21,22). The lowest BCUT2D eigenvalue weighted by atomic mass is 10.1. The molecular weight excluding hydrogens is 325 g/mol. The summed E-state index contributed by atoms with van der Waals surface area (Å²) in [6.07, 6.45) is 0.00636. The highest BCUT2D eigenvalue weighted by molar-refractivity contribution is 6.36. The molecule has 0 spiro atoms. The predicted molar refractivity (Wildman–Crippen MR) is 85.5 cm³/mol. The summed E-state index contributed by atoms with van der Waals surface area (Å²) in [6.45, 7) is 0. The van der Waals surface area contributed by atoms with Gasteiger partial charge in [0.2, 0.25) is 0 Å². The highest BCUT2D eigenvalue weighted by Gasteiger charge is 2.23. The second-order valence-corrected chi connectivity index (χ2v) is 5.45. The van der Waals surface area contributed by atoms with Gasteiger partial charge in [0, 0.05) is 22.0 Å². The zero-order valence-corrected chi connectivity index (χ0v) is 12.9. The van der Waals surface area contributed by atoms with Crippen LogP contribution in [0.4, 0.5) is 0 Å². The fourth-order valence-corrected chi connectivity index (χ4v) is 2.51. The number of carboxylic acids is 1. The molecule has 6 heteroatoms. The molecule has 0 aromatic heterocycles. The van der Waals surface area contributed by atoms with Gasteiger partial charge in [0.05, 0.1) is 0 Å². The molecule has 0 saturated carbocycles. The Morgan fingerprint density at radius 2 is 1.59 bits per heavy atom. The second-order valence-electron chi connectivity index (χ2n) is 4.63. The van der Waals surface area contributed by atoms with Gasteiger partial charge in [-0.1, -0.05) is 47.5 Å². The maximum absolute atomic E-state index is 12.1. The molecule has 0 aliphatic heterocycles. The topological polar surface area (TPSA) is 66.4 Å². The third kappa shape index (κ3) is 4.00. The zero-order chi connectivity index (χ0) is 16.1. The van der Waals surface area contributed by atoms with Gasteiger partial charge in [-0.25, -0.2) is 4.79 Å². The van der Waals surface area contributed by atoms with Gasteiger partial charge in [-0.3, -0.25) is 4.79 Å². The molecule has 0 aliphatic rings. The predicted octanol–water partition coefficient (Wildman–Crippen LogP) is 3.42. The van der Waals surface area contributed by atoms with E-state index in [0.29, 0.717) is 21.2 Å². The Labute approximate surface area is 137 Å². The van der Waals surface area contributed by atoms with Gasteiger partial charge in [0.1, 0.15) is 6.04 Å². The number of rotatable bonds is 5. The smallest absolute Gasteiger partial charge is 0.326 e. The minimum absolute atomic E-state index is 0.00636. The first kappa shape index (κ1) is 16.3. The van der Waals surface area contributed by atoms with Gasteiger partial charge in [-0.05, 0) is 29.8 Å². The highest BCUT2D eigenvalue weighted by Crippen LogP contribution is 2.25. The van der Waals surface area contributed by atoms with E-state index in [9.17, 15) is 14.7 Å². The molecule has 22 heavy (non-hydrogen) atoms. The van der Waals surface area contributed by atoms with Crippen LogP contribution < -0.4 is 5.32 Å². The van der Waals surface area contributed by atoms with Crippen LogP contribution in [0.15, 0.2) is 48.5 Å². The number of carbonyl (C=O) groups excluding carboxylic acids is 1. The van der Waals surface area contributed by atoms with Crippen LogP contribution in [0.2, 0.25) is 10.0 Å². The van der Waals surface area contributed by atoms with Crippen molar-refractivity contribution in [2.24, 2.45) is 0 Å². The van der Waals surface area contributed by atoms with Crippen molar-refractivity contribution in [1.29, 1.82) is 0 Å². The van der Waals surface area contributed by atoms with E-state index in [4.69, 9.17) is 23.2 Å². The normalized spacial score (nSPS) is 11.7. The Kier molecular flexibility index (Phi) is 5.41. The van der Waals surface area contributed by atoms with E-state index in [1.807, 2.05) is 0 Å². The summed E-state index contributed by atoms with van der Waals surface area (Å²) in [5, 5.41) is 12.5. The molecule has 0 fully saturated rings. The van der Waals surface area contributed by atoms with E-state index < -0.39 is 17.9 Å². The van der Waals surface area contributed by atoms with Gasteiger partial charge < -0.3 is 10.4 Å². The maximum Gasteiger partial charge on any atom is 0.326 e. The molecule has 0 aliphatic carbocycles. The van der Waals surface area contributed by atoms with E-state index >= 15 is 0 Å². The molecule has 2 N–H and O–H groups in total. The van der Waals surface area contributed by atoms with Crippen molar-refractivity contribution in [3.05, 3.63) is 69.7 Å². The Balaban J connectivity index is 2.18. The summed E-state index contributed by atoms with van der Waals surface area (Å²) in [5.74, 6) is -1.61. The second kappa shape index (κ2) is 7.29. The Hall–Kier alpha value is -2.04. The van der Waals surface area contributed by atoms with E-state index in [0.717, 1.165) is 0 Å². The van der Waals surface area contributed by atoms with Crippen LogP contribution in [0, 0.1) is 0 Å². The van der Waals surface area contributed by atoms with Crippen LogP contribution in [-0.4, -0.2) is 23.0 Å². The molecule has 1 amide bonds. The molecule has 2 aromatic rings. The Bertz CT molecular complexity index is 669. The van der Waals surface area contributed by atoms with Crippen molar-refractivity contribution >= 4 is 35.1 Å². The Morgan fingerprint density at radius 3 is 2.14 bits per heavy atom. The van der Waals surface area contributed by atoms with Crippen LogP contribution >= 0.6 is 23.2 Å². The zero-order valence-electron chi connectivity index (χ0n) is 11.4. The van der Waals surface area contributed by atoms with Crippen molar-refractivity contribution in [3.63, 3.8) is 0 Å². The monoisotopic (exact) mass is 337 g/mol. The SMILES string of the molecule is O=C(NC(Cc1c(Cl)cccc1Cl)C(=O)O)c1ccccc1. The average molecular weight is 338 g/mol. The number of amides is 1. The summed E-state index contributed by atoms with van der Waals surface area (Å²) >= 11 is 12.1. The molecule has 1 atom stereocenters. The fourth-order valence-electron chi connectivity index (χ4n) is 1.96. The first-order valence-electron chi connectivity index (χ1n) is 6.50. The van der Waals surface area contributed by atoms with Crippen molar-refractivity contribution in [3.8, 4) is 0 Å². The molecule has 0 radical (unpaired) electrons. The van der Waals surface area contributed by atoms with Crippen molar-refractivity contribution in [2.45, 2.75) is 12.5 Å². The molecule has 2 rings (SSSR count). The summed E-state index contributed by atoms with van der Waals surface area (Å²) < 4.78 is 0. The lowest BCUT2D eigenvalue weighted by molar-refractivity contribution is -0.139. The largest absolute Gasteiger partial charge is 0.480 e. The molecule has 0 heterocycles. The molecule has 2 aromatic carbocycles. The third-order valence-corrected chi connectivity index (χ3v) is 3.82. The summed E-state index contributed by atoms with van der Waals surface area (Å²) in [6, 6.07) is 12.2. The van der Waals surface area contributed by atoms with Gasteiger partial charge in [0.25, 0.3) is 5.91 Å². The number of carbonyl (C=O) groups is 2. The number of hydrogen-bond donors (Lipinski definition) is 2. The molecule has 0 saturated heterocycles. The molecule has 114 valence electrons. The summed E-state index contributed by atoms with van der Waals surface area (Å²) in [7, 11) is 0. The van der Waals surface area contributed by atoms with Gasteiger partial charge in [0.15, 0.2) is 0 Å². The van der Waals surface area contributed by atoms with E-state index in [-0.39, 0.29) is 6.42 Å². The Morgan fingerprint density at radius 1 is 1.00 bits per heavy atom. The van der Waals surface area contributed by atoms with Gasteiger partial charge >= 0.3 is 5.97 Å². The third-order valence-electron chi connectivity index (χ3n) is 3.11. The van der Waals surface area contributed by atoms with Crippen molar-refractivity contribution in [1.82, 2.24) is 5.32 Å². The first-order chi connectivity index (χ1) is 10.5. The summed E-state index contributed by atoms with van der Waals surface area (Å²) in [5.41, 5.74) is 0.880.